The number of hydrogen-bond acceptors (Lipinski definition) is 5. The topological polar surface area (TPSA) is 36.0 Å². The molecule has 2 aliphatic heterocycles. The maximum atomic E-state index is 12.0. The Labute approximate surface area is 161 Å². The highest BCUT2D eigenvalue weighted by Crippen LogP contribution is 2.35. The average Bonchev–Trinajstić information content (AvgIpc) is 2.92. The zero-order chi connectivity index (χ0) is 18.6. The van der Waals surface area contributed by atoms with Crippen LogP contribution in [0.4, 0.5) is 5.69 Å². The largest absolute Gasteiger partial charge is 0.495 e. The normalized spacial score (nSPS) is 20.7. The molecule has 2 saturated heterocycles. The number of amides is 1. The van der Waals surface area contributed by atoms with E-state index in [1.807, 2.05) is 12.1 Å². The lowest BCUT2D eigenvalue weighted by atomic mass is 10.2. The van der Waals surface area contributed by atoms with Crippen molar-refractivity contribution >= 4 is 23.4 Å². The van der Waals surface area contributed by atoms with Gasteiger partial charge in [-0.3, -0.25) is 9.69 Å². The van der Waals surface area contributed by atoms with Crippen LogP contribution < -0.4 is 9.64 Å². The Kier molecular flexibility index (Phi) is 6.35. The summed E-state index contributed by atoms with van der Waals surface area (Å²) in [6, 6.07) is 8.26. The number of piperazine rings is 1. The first-order valence-corrected chi connectivity index (χ1v) is 10.5. The number of methoxy groups -OCH3 is 1. The molecule has 0 N–H and O–H groups in total. The maximum absolute atomic E-state index is 12.0. The van der Waals surface area contributed by atoms with E-state index in [2.05, 4.69) is 40.7 Å². The second-order valence-corrected chi connectivity index (χ2v) is 9.06. The predicted molar refractivity (Wildman–Crippen MR) is 109 cm³/mol. The molecule has 26 heavy (non-hydrogen) atoms. The lowest BCUT2D eigenvalue weighted by molar-refractivity contribution is -0.129. The van der Waals surface area contributed by atoms with E-state index in [9.17, 15) is 4.79 Å². The second kappa shape index (κ2) is 8.53. The molecule has 1 aromatic carbocycles. The van der Waals surface area contributed by atoms with Crippen LogP contribution in [0, 0.1) is 0 Å². The minimum Gasteiger partial charge on any atom is -0.495 e. The van der Waals surface area contributed by atoms with Gasteiger partial charge in [-0.1, -0.05) is 12.1 Å². The number of thioether (sulfide) groups is 1. The molecule has 5 nitrogen and oxygen atoms in total. The maximum Gasteiger partial charge on any atom is 0.233 e. The van der Waals surface area contributed by atoms with Crippen LogP contribution in [0.15, 0.2) is 24.3 Å². The number of ether oxygens (including phenoxy) is 1. The van der Waals surface area contributed by atoms with Crippen LogP contribution in [0.1, 0.15) is 26.7 Å². The lowest BCUT2D eigenvalue weighted by Crippen LogP contribution is -2.47. The molecule has 0 bridgehead atoms. The van der Waals surface area contributed by atoms with Gasteiger partial charge in [-0.25, -0.2) is 0 Å². The molecule has 2 heterocycles. The number of carbonyl (C=O) groups excluding carboxylic acids is 1. The van der Waals surface area contributed by atoms with Crippen LogP contribution in [-0.2, 0) is 4.79 Å². The first kappa shape index (κ1) is 19.4. The second-order valence-electron chi connectivity index (χ2n) is 7.49. The van der Waals surface area contributed by atoms with Crippen LogP contribution >= 0.6 is 11.8 Å². The van der Waals surface area contributed by atoms with Gasteiger partial charge in [0.25, 0.3) is 0 Å². The smallest absolute Gasteiger partial charge is 0.233 e. The molecular formula is C20H31N3O2S. The van der Waals surface area contributed by atoms with Crippen molar-refractivity contribution in [3.63, 3.8) is 0 Å². The molecule has 1 aromatic rings. The summed E-state index contributed by atoms with van der Waals surface area (Å²) in [4.78, 5) is 19.0. The summed E-state index contributed by atoms with van der Waals surface area (Å²) in [6.07, 6.45) is 2.24. The van der Waals surface area contributed by atoms with Crippen molar-refractivity contribution < 1.29 is 9.53 Å². The summed E-state index contributed by atoms with van der Waals surface area (Å²) in [7, 11) is 1.74. The van der Waals surface area contributed by atoms with Crippen molar-refractivity contribution in [1.82, 2.24) is 9.80 Å². The van der Waals surface area contributed by atoms with E-state index in [1.165, 1.54) is 5.69 Å². The molecule has 2 fully saturated rings. The van der Waals surface area contributed by atoms with E-state index in [4.69, 9.17) is 4.74 Å². The zero-order valence-electron chi connectivity index (χ0n) is 16.2. The van der Waals surface area contributed by atoms with Crippen LogP contribution in [-0.4, -0.2) is 72.7 Å². The molecule has 0 radical (unpaired) electrons. The van der Waals surface area contributed by atoms with E-state index >= 15 is 0 Å². The Morgan fingerprint density at radius 1 is 1.08 bits per heavy atom. The molecule has 0 atom stereocenters. The summed E-state index contributed by atoms with van der Waals surface area (Å²) in [5, 5.41) is 0. The number of para-hydroxylation sites is 2. The SMILES string of the molecule is COc1ccccc1N1CCN(CCCCN2C(=O)CSC2(C)C)CC1. The number of nitrogens with zero attached hydrogens (tertiary/aromatic N) is 3. The van der Waals surface area contributed by atoms with Crippen LogP contribution in [0.3, 0.4) is 0 Å². The summed E-state index contributed by atoms with van der Waals surface area (Å²) in [6.45, 7) is 10.6. The number of hydrogen-bond donors (Lipinski definition) is 0. The van der Waals surface area contributed by atoms with Gasteiger partial charge < -0.3 is 14.5 Å². The monoisotopic (exact) mass is 377 g/mol. The quantitative estimate of drug-likeness (QED) is 0.683. The Hall–Kier alpha value is -1.40. The van der Waals surface area contributed by atoms with E-state index in [0.29, 0.717) is 11.7 Å². The molecule has 0 aromatic heterocycles. The fourth-order valence-electron chi connectivity index (χ4n) is 3.80. The van der Waals surface area contributed by atoms with Crippen molar-refractivity contribution in [1.29, 1.82) is 0 Å². The summed E-state index contributed by atoms with van der Waals surface area (Å²) >= 11 is 1.75. The zero-order valence-corrected chi connectivity index (χ0v) is 17.1. The number of benzene rings is 1. The van der Waals surface area contributed by atoms with Gasteiger partial charge in [0, 0.05) is 32.7 Å². The van der Waals surface area contributed by atoms with Crippen molar-refractivity contribution in [3.8, 4) is 5.75 Å². The highest BCUT2D eigenvalue weighted by Gasteiger charge is 2.37. The number of anilines is 1. The van der Waals surface area contributed by atoms with Crippen molar-refractivity contribution in [2.24, 2.45) is 0 Å². The molecule has 0 aliphatic carbocycles. The van der Waals surface area contributed by atoms with Crippen molar-refractivity contribution in [2.75, 3.05) is 57.0 Å². The Morgan fingerprint density at radius 2 is 1.77 bits per heavy atom. The van der Waals surface area contributed by atoms with E-state index in [-0.39, 0.29) is 4.87 Å². The van der Waals surface area contributed by atoms with Gasteiger partial charge in [0.1, 0.15) is 5.75 Å². The molecule has 144 valence electrons. The lowest BCUT2D eigenvalue weighted by Gasteiger charge is -2.37. The molecule has 0 saturated carbocycles. The third-order valence-electron chi connectivity index (χ3n) is 5.40. The first-order valence-electron chi connectivity index (χ1n) is 9.56. The highest BCUT2D eigenvalue weighted by molar-refractivity contribution is 8.01. The number of rotatable bonds is 7. The molecule has 1 amide bonds. The number of unbranched alkanes of at least 4 members (excludes halogenated alkanes) is 1. The molecule has 2 aliphatic rings. The van der Waals surface area contributed by atoms with Crippen LogP contribution in [0.2, 0.25) is 0 Å². The van der Waals surface area contributed by atoms with Gasteiger partial charge in [0.2, 0.25) is 5.91 Å². The Bertz CT molecular complexity index is 615. The van der Waals surface area contributed by atoms with Crippen molar-refractivity contribution in [3.05, 3.63) is 24.3 Å². The fraction of sp³-hybridized carbons (Fsp3) is 0.650. The summed E-state index contributed by atoms with van der Waals surface area (Å²) in [5.74, 6) is 1.89. The molecule has 3 rings (SSSR count). The minimum atomic E-state index is -0.0303. The van der Waals surface area contributed by atoms with Crippen molar-refractivity contribution in [2.45, 2.75) is 31.6 Å². The van der Waals surface area contributed by atoms with Gasteiger partial charge in [0.05, 0.1) is 23.4 Å². The Morgan fingerprint density at radius 3 is 2.42 bits per heavy atom. The van der Waals surface area contributed by atoms with Crippen LogP contribution in [0.25, 0.3) is 0 Å². The summed E-state index contributed by atoms with van der Waals surface area (Å²) < 4.78 is 5.49. The van der Waals surface area contributed by atoms with E-state index in [0.717, 1.165) is 57.9 Å². The number of carbonyl (C=O) groups is 1. The minimum absolute atomic E-state index is 0.0303. The van der Waals surface area contributed by atoms with Gasteiger partial charge in [0.15, 0.2) is 0 Å². The molecule has 0 spiro atoms. The summed E-state index contributed by atoms with van der Waals surface area (Å²) in [5.41, 5.74) is 1.20. The first-order chi connectivity index (χ1) is 12.5. The predicted octanol–water partition coefficient (Wildman–Crippen LogP) is 2.91. The van der Waals surface area contributed by atoms with Gasteiger partial charge >= 0.3 is 0 Å². The third kappa shape index (κ3) is 4.46. The third-order valence-corrected chi connectivity index (χ3v) is 6.72. The van der Waals surface area contributed by atoms with Gasteiger partial charge in [-0.15, -0.1) is 11.8 Å². The fourth-order valence-corrected chi connectivity index (χ4v) is 4.78. The average molecular weight is 378 g/mol. The van der Waals surface area contributed by atoms with E-state index in [1.54, 1.807) is 18.9 Å². The van der Waals surface area contributed by atoms with Crippen LogP contribution in [0.5, 0.6) is 5.75 Å². The van der Waals surface area contributed by atoms with E-state index < -0.39 is 0 Å². The molecule has 6 heteroatoms. The Balaban J connectivity index is 1.39. The van der Waals surface area contributed by atoms with Gasteiger partial charge in [-0.2, -0.15) is 0 Å². The molecule has 0 unspecified atom stereocenters. The standard InChI is InChI=1S/C20H31N3O2S/c1-20(2)23(19(24)16-26-20)11-7-6-10-21-12-14-22(15-13-21)17-8-4-5-9-18(17)25-3/h4-5,8-9H,6-7,10-16H2,1-3H3. The molecular weight excluding hydrogens is 346 g/mol. The van der Waals surface area contributed by atoms with Gasteiger partial charge in [-0.05, 0) is 45.4 Å². The highest BCUT2D eigenvalue weighted by atomic mass is 32.2.